The Balaban J connectivity index is 2.37. The molecule has 0 amide bonds. The Bertz CT molecular complexity index is 544. The molecule has 0 atom stereocenters. The molecular formula is C11H13N3OS. The molecule has 4 nitrogen and oxygen atoms in total. The maximum absolute atomic E-state index is 9.18. The summed E-state index contributed by atoms with van der Waals surface area (Å²) in [6.45, 7) is 2.65. The number of nitrogens with zero attached hydrogens (tertiary/aromatic N) is 2. The lowest BCUT2D eigenvalue weighted by atomic mass is 10.1. The number of hydrogen-bond acceptors (Lipinski definition) is 3. The molecule has 0 saturated heterocycles. The third kappa shape index (κ3) is 2.05. The standard InChI is InChI=1S/C11H13N3OS/c1-8-4-12-3-2-9(8)6-14-10(7-15)5-13-11(14)16/h2-5,15H,6-7H2,1H3,(H,13,16). The highest BCUT2D eigenvalue weighted by atomic mass is 32.1. The number of hydrogen-bond donors (Lipinski definition) is 2. The summed E-state index contributed by atoms with van der Waals surface area (Å²) in [4.78, 5) is 6.98. The van der Waals surface area contributed by atoms with E-state index in [1.165, 1.54) is 0 Å². The average Bonchev–Trinajstić information content (AvgIpc) is 2.63. The number of aryl methyl sites for hydroxylation is 1. The van der Waals surface area contributed by atoms with Gasteiger partial charge in [-0.3, -0.25) is 4.98 Å². The molecule has 16 heavy (non-hydrogen) atoms. The normalized spacial score (nSPS) is 10.6. The van der Waals surface area contributed by atoms with Crippen molar-refractivity contribution < 1.29 is 5.11 Å². The molecule has 5 heteroatoms. The number of imidazole rings is 1. The van der Waals surface area contributed by atoms with Gasteiger partial charge in [-0.1, -0.05) is 0 Å². The number of aliphatic hydroxyl groups is 1. The Hall–Kier alpha value is -1.46. The molecule has 0 saturated carbocycles. The first kappa shape index (κ1) is 11.0. The number of rotatable bonds is 3. The van der Waals surface area contributed by atoms with E-state index in [1.54, 1.807) is 12.4 Å². The Morgan fingerprint density at radius 3 is 3.06 bits per heavy atom. The second-order valence-electron chi connectivity index (χ2n) is 3.63. The van der Waals surface area contributed by atoms with Crippen molar-refractivity contribution in [3.8, 4) is 0 Å². The van der Waals surface area contributed by atoms with Gasteiger partial charge in [0.25, 0.3) is 0 Å². The molecule has 0 spiro atoms. The molecule has 2 rings (SSSR count). The quantitative estimate of drug-likeness (QED) is 0.797. The van der Waals surface area contributed by atoms with Crippen molar-refractivity contribution >= 4 is 12.2 Å². The Morgan fingerprint density at radius 2 is 2.38 bits per heavy atom. The maximum Gasteiger partial charge on any atom is 0.177 e. The SMILES string of the molecule is Cc1cnccc1Cn1c(CO)c[nH]c1=S. The highest BCUT2D eigenvalue weighted by Gasteiger charge is 2.05. The lowest BCUT2D eigenvalue weighted by molar-refractivity contribution is 0.271. The van der Waals surface area contributed by atoms with Gasteiger partial charge < -0.3 is 14.7 Å². The summed E-state index contributed by atoms with van der Waals surface area (Å²) >= 11 is 5.16. The lowest BCUT2D eigenvalue weighted by Crippen LogP contribution is -2.05. The first-order valence-electron chi connectivity index (χ1n) is 5.00. The van der Waals surface area contributed by atoms with Gasteiger partial charge in [0.15, 0.2) is 4.77 Å². The van der Waals surface area contributed by atoms with Crippen LogP contribution in [0.15, 0.2) is 24.7 Å². The van der Waals surface area contributed by atoms with Crippen molar-refractivity contribution in [2.45, 2.75) is 20.1 Å². The highest BCUT2D eigenvalue weighted by molar-refractivity contribution is 7.71. The number of nitrogens with one attached hydrogen (secondary N) is 1. The van der Waals surface area contributed by atoms with Crippen LogP contribution in [0.1, 0.15) is 16.8 Å². The molecule has 0 fully saturated rings. The zero-order valence-corrected chi connectivity index (χ0v) is 9.79. The van der Waals surface area contributed by atoms with Gasteiger partial charge in [-0.2, -0.15) is 0 Å². The molecule has 84 valence electrons. The third-order valence-electron chi connectivity index (χ3n) is 2.58. The van der Waals surface area contributed by atoms with E-state index in [0.717, 1.165) is 16.8 Å². The first-order chi connectivity index (χ1) is 7.72. The van der Waals surface area contributed by atoms with Crippen molar-refractivity contribution in [1.29, 1.82) is 0 Å². The van der Waals surface area contributed by atoms with Gasteiger partial charge in [-0.15, -0.1) is 0 Å². The Morgan fingerprint density at radius 1 is 1.56 bits per heavy atom. The fraction of sp³-hybridized carbons (Fsp3) is 0.273. The molecule has 0 aliphatic heterocycles. The monoisotopic (exact) mass is 235 g/mol. The summed E-state index contributed by atoms with van der Waals surface area (Å²) < 4.78 is 2.51. The second kappa shape index (κ2) is 4.59. The van der Waals surface area contributed by atoms with Crippen LogP contribution in [-0.4, -0.2) is 19.6 Å². The van der Waals surface area contributed by atoms with Crippen molar-refractivity contribution in [2.75, 3.05) is 0 Å². The molecule has 2 heterocycles. The van der Waals surface area contributed by atoms with Gasteiger partial charge in [0.1, 0.15) is 0 Å². The van der Waals surface area contributed by atoms with Crippen LogP contribution in [-0.2, 0) is 13.2 Å². The molecule has 0 aliphatic carbocycles. The summed E-state index contributed by atoms with van der Waals surface area (Å²) in [6, 6.07) is 1.96. The molecule has 0 aromatic carbocycles. The Labute approximate surface area is 98.6 Å². The first-order valence-corrected chi connectivity index (χ1v) is 5.40. The maximum atomic E-state index is 9.18. The third-order valence-corrected chi connectivity index (χ3v) is 2.92. The van der Waals surface area contributed by atoms with Crippen molar-refractivity contribution in [1.82, 2.24) is 14.5 Å². The van der Waals surface area contributed by atoms with E-state index in [-0.39, 0.29) is 6.61 Å². The second-order valence-corrected chi connectivity index (χ2v) is 4.02. The van der Waals surface area contributed by atoms with Crippen LogP contribution in [0.2, 0.25) is 0 Å². The van der Waals surface area contributed by atoms with E-state index in [1.807, 2.05) is 23.8 Å². The number of pyridine rings is 1. The topological polar surface area (TPSA) is 53.8 Å². The van der Waals surface area contributed by atoms with Crippen molar-refractivity contribution in [3.05, 3.63) is 46.2 Å². The van der Waals surface area contributed by atoms with Gasteiger partial charge in [0.05, 0.1) is 18.8 Å². The Kier molecular flexibility index (Phi) is 3.17. The number of H-pyrrole nitrogens is 1. The van der Waals surface area contributed by atoms with Gasteiger partial charge in [0.2, 0.25) is 0 Å². The van der Waals surface area contributed by atoms with Gasteiger partial charge in [0, 0.05) is 18.6 Å². The van der Waals surface area contributed by atoms with E-state index in [4.69, 9.17) is 12.2 Å². The van der Waals surface area contributed by atoms with Crippen LogP contribution in [0.5, 0.6) is 0 Å². The zero-order chi connectivity index (χ0) is 11.5. The van der Waals surface area contributed by atoms with Crippen molar-refractivity contribution in [3.63, 3.8) is 0 Å². The minimum Gasteiger partial charge on any atom is -0.390 e. The smallest absolute Gasteiger partial charge is 0.177 e. The molecule has 0 radical (unpaired) electrons. The summed E-state index contributed by atoms with van der Waals surface area (Å²) in [6.07, 6.45) is 5.32. The van der Waals surface area contributed by atoms with Crippen molar-refractivity contribution in [2.24, 2.45) is 0 Å². The van der Waals surface area contributed by atoms with Crippen LogP contribution in [0.4, 0.5) is 0 Å². The van der Waals surface area contributed by atoms with E-state index in [0.29, 0.717) is 11.3 Å². The molecule has 2 aromatic rings. The largest absolute Gasteiger partial charge is 0.390 e. The average molecular weight is 235 g/mol. The lowest BCUT2D eigenvalue weighted by Gasteiger charge is -2.08. The predicted molar refractivity (Wildman–Crippen MR) is 63.6 cm³/mol. The van der Waals surface area contributed by atoms with Gasteiger partial charge in [-0.25, -0.2) is 0 Å². The molecule has 0 aliphatic rings. The summed E-state index contributed by atoms with van der Waals surface area (Å²) in [5.41, 5.74) is 3.07. The molecular weight excluding hydrogens is 222 g/mol. The number of aromatic amines is 1. The van der Waals surface area contributed by atoms with E-state index >= 15 is 0 Å². The zero-order valence-electron chi connectivity index (χ0n) is 8.97. The molecule has 2 N–H and O–H groups in total. The minimum absolute atomic E-state index is 0.0166. The number of aromatic nitrogens is 3. The van der Waals surface area contributed by atoms with Crippen LogP contribution < -0.4 is 0 Å². The van der Waals surface area contributed by atoms with Crippen LogP contribution >= 0.6 is 12.2 Å². The van der Waals surface area contributed by atoms with E-state index < -0.39 is 0 Å². The molecule has 0 unspecified atom stereocenters. The van der Waals surface area contributed by atoms with Crippen LogP contribution in [0.25, 0.3) is 0 Å². The summed E-state index contributed by atoms with van der Waals surface area (Å²) in [5.74, 6) is 0. The molecule has 0 bridgehead atoms. The van der Waals surface area contributed by atoms with E-state index in [2.05, 4.69) is 9.97 Å². The van der Waals surface area contributed by atoms with Crippen LogP contribution in [0.3, 0.4) is 0 Å². The number of aliphatic hydroxyl groups excluding tert-OH is 1. The van der Waals surface area contributed by atoms with Gasteiger partial charge >= 0.3 is 0 Å². The molecule has 2 aromatic heterocycles. The fourth-order valence-corrected chi connectivity index (χ4v) is 1.83. The fourth-order valence-electron chi connectivity index (χ4n) is 1.59. The van der Waals surface area contributed by atoms with Crippen LogP contribution in [0, 0.1) is 11.7 Å². The minimum atomic E-state index is -0.0166. The summed E-state index contributed by atoms with van der Waals surface area (Å²) in [5, 5.41) is 9.18. The summed E-state index contributed by atoms with van der Waals surface area (Å²) in [7, 11) is 0. The highest BCUT2D eigenvalue weighted by Crippen LogP contribution is 2.10. The predicted octanol–water partition coefficient (Wildman–Crippen LogP) is 1.79. The van der Waals surface area contributed by atoms with E-state index in [9.17, 15) is 5.11 Å². The van der Waals surface area contributed by atoms with Gasteiger partial charge in [-0.05, 0) is 36.3 Å².